The van der Waals surface area contributed by atoms with Gasteiger partial charge in [0.15, 0.2) is 0 Å². The molecule has 6 nitrogen and oxygen atoms in total. The van der Waals surface area contributed by atoms with E-state index in [4.69, 9.17) is 20.4 Å². The number of carboxylic acids is 1. The number of ether oxygens (including phenoxy) is 1. The van der Waals surface area contributed by atoms with Gasteiger partial charge in [-0.2, -0.15) is 13.2 Å². The number of aliphatic carboxylic acids is 1. The molecule has 25 heavy (non-hydrogen) atoms. The van der Waals surface area contributed by atoms with Crippen LogP contribution in [0.2, 0.25) is 0 Å². The maximum absolute atomic E-state index is 12.3. The van der Waals surface area contributed by atoms with E-state index in [9.17, 15) is 22.4 Å². The zero-order chi connectivity index (χ0) is 19.0. The summed E-state index contributed by atoms with van der Waals surface area (Å²) in [4.78, 5) is 20.5. The van der Waals surface area contributed by atoms with Crippen LogP contribution in [-0.4, -0.2) is 42.9 Å². The molecule has 0 unspecified atom stereocenters. The van der Waals surface area contributed by atoms with Crippen LogP contribution in [0.5, 0.6) is 5.75 Å². The number of hydrogen-bond acceptors (Lipinski definition) is 4. The highest BCUT2D eigenvalue weighted by Gasteiger charge is 2.38. The van der Waals surface area contributed by atoms with Crippen molar-refractivity contribution < 1.29 is 37.0 Å². The highest BCUT2D eigenvalue weighted by atomic mass is 19.4. The third-order valence-corrected chi connectivity index (χ3v) is 3.09. The summed E-state index contributed by atoms with van der Waals surface area (Å²) in [5.74, 6) is -2.31. The van der Waals surface area contributed by atoms with Crippen molar-refractivity contribution in [1.82, 2.24) is 5.32 Å². The Bertz CT molecular complexity index is 659. The van der Waals surface area contributed by atoms with Crippen molar-refractivity contribution in [3.63, 3.8) is 0 Å². The number of benzene rings is 1. The molecule has 1 aromatic carbocycles. The lowest BCUT2D eigenvalue weighted by molar-refractivity contribution is -0.192. The topological polar surface area (TPSA) is 102 Å². The van der Waals surface area contributed by atoms with Crippen LogP contribution in [0.25, 0.3) is 0 Å². The molecule has 0 saturated carbocycles. The number of carbonyl (C=O) groups is 2. The molecular formula is C15H16F4N2O4. The van der Waals surface area contributed by atoms with Gasteiger partial charge in [0.25, 0.3) is 5.91 Å². The Morgan fingerprint density at radius 3 is 2.56 bits per heavy atom. The fraction of sp³-hybridized carbons (Fsp3) is 0.333. The molecule has 0 aliphatic carbocycles. The van der Waals surface area contributed by atoms with Crippen LogP contribution in [0.1, 0.15) is 15.9 Å². The largest absolute Gasteiger partial charge is 0.490 e. The second-order valence-electron chi connectivity index (χ2n) is 4.89. The van der Waals surface area contributed by atoms with Gasteiger partial charge < -0.3 is 20.9 Å². The van der Waals surface area contributed by atoms with Crippen LogP contribution in [0.4, 0.5) is 17.6 Å². The SMILES string of the molecule is NC/C(=C\F)COc1ccc2c(c1)C(=O)NCC2.O=C(O)C(F)(F)F. The molecule has 0 aromatic heterocycles. The standard InChI is InChI=1S/C13H15FN2O2.C2HF3O2/c14-6-9(7-15)8-18-11-2-1-10-3-4-16-13(17)12(10)5-11;3-2(4,5)1(6)7/h1-2,5-6H,3-4,7-8,15H2,(H,16,17);(H,6,7)/b9-6+;. The van der Waals surface area contributed by atoms with Crippen LogP contribution in [0, 0.1) is 0 Å². The first kappa shape index (κ1) is 20.4. The average molecular weight is 364 g/mol. The van der Waals surface area contributed by atoms with Crippen molar-refractivity contribution in [2.45, 2.75) is 12.6 Å². The molecule has 10 heteroatoms. The minimum absolute atomic E-state index is 0.0907. The Labute approximate surface area is 140 Å². The summed E-state index contributed by atoms with van der Waals surface area (Å²) >= 11 is 0. The van der Waals surface area contributed by atoms with Crippen molar-refractivity contribution in [2.75, 3.05) is 19.7 Å². The van der Waals surface area contributed by atoms with Gasteiger partial charge in [0.2, 0.25) is 0 Å². The first-order valence-electron chi connectivity index (χ1n) is 7.01. The molecule has 1 aliphatic heterocycles. The number of nitrogens with one attached hydrogen (secondary N) is 1. The van der Waals surface area contributed by atoms with E-state index in [1.807, 2.05) is 6.07 Å². The van der Waals surface area contributed by atoms with E-state index >= 15 is 0 Å². The Balaban J connectivity index is 0.000000381. The fourth-order valence-corrected chi connectivity index (χ4v) is 1.79. The summed E-state index contributed by atoms with van der Waals surface area (Å²) in [5.41, 5.74) is 7.33. The third-order valence-electron chi connectivity index (χ3n) is 3.09. The van der Waals surface area contributed by atoms with E-state index in [2.05, 4.69) is 5.32 Å². The number of rotatable bonds is 4. The Hall–Kier alpha value is -2.62. The Kier molecular flexibility index (Phi) is 7.37. The van der Waals surface area contributed by atoms with Crippen molar-refractivity contribution in [2.24, 2.45) is 5.73 Å². The van der Waals surface area contributed by atoms with Crippen molar-refractivity contribution >= 4 is 11.9 Å². The predicted molar refractivity (Wildman–Crippen MR) is 79.9 cm³/mol. The van der Waals surface area contributed by atoms with Gasteiger partial charge in [-0.25, -0.2) is 9.18 Å². The van der Waals surface area contributed by atoms with E-state index in [1.54, 1.807) is 12.1 Å². The molecule has 0 atom stereocenters. The number of carboxylic acid groups (broad SMARTS) is 1. The van der Waals surface area contributed by atoms with Gasteiger partial charge in [0, 0.05) is 24.2 Å². The third kappa shape index (κ3) is 6.42. The van der Waals surface area contributed by atoms with Gasteiger partial charge in [0.05, 0.1) is 6.33 Å². The maximum atomic E-state index is 12.3. The molecule has 0 radical (unpaired) electrons. The molecule has 1 amide bonds. The average Bonchev–Trinajstić information content (AvgIpc) is 2.56. The Morgan fingerprint density at radius 2 is 2.04 bits per heavy atom. The second-order valence-corrected chi connectivity index (χ2v) is 4.89. The minimum atomic E-state index is -5.08. The molecular weight excluding hydrogens is 348 g/mol. The number of halogens is 4. The molecule has 4 N–H and O–H groups in total. The zero-order valence-corrected chi connectivity index (χ0v) is 12.9. The number of amides is 1. The van der Waals surface area contributed by atoms with Crippen LogP contribution in [0.15, 0.2) is 30.1 Å². The van der Waals surface area contributed by atoms with Gasteiger partial charge in [-0.15, -0.1) is 0 Å². The maximum Gasteiger partial charge on any atom is 0.490 e. The quantitative estimate of drug-likeness (QED) is 0.707. The monoisotopic (exact) mass is 364 g/mol. The van der Waals surface area contributed by atoms with Crippen LogP contribution < -0.4 is 15.8 Å². The van der Waals surface area contributed by atoms with Crippen LogP contribution >= 0.6 is 0 Å². The van der Waals surface area contributed by atoms with Gasteiger partial charge in [-0.1, -0.05) is 6.07 Å². The molecule has 0 saturated heterocycles. The molecule has 1 aromatic rings. The van der Waals surface area contributed by atoms with E-state index in [0.29, 0.717) is 29.8 Å². The lowest BCUT2D eigenvalue weighted by Crippen LogP contribution is -2.31. The van der Waals surface area contributed by atoms with E-state index in [1.165, 1.54) is 0 Å². The van der Waals surface area contributed by atoms with Gasteiger partial charge >= 0.3 is 12.1 Å². The second kappa shape index (κ2) is 9.02. The summed E-state index contributed by atoms with van der Waals surface area (Å²) < 4.78 is 49.4. The van der Waals surface area contributed by atoms with Crippen molar-refractivity contribution in [3.8, 4) is 5.75 Å². The predicted octanol–water partition coefficient (Wildman–Crippen LogP) is 1.80. The first-order chi connectivity index (χ1) is 11.7. The lowest BCUT2D eigenvalue weighted by atomic mass is 10.0. The molecule has 0 bridgehead atoms. The molecule has 2 rings (SSSR count). The van der Waals surface area contributed by atoms with Gasteiger partial charge in [0.1, 0.15) is 12.4 Å². The minimum Gasteiger partial charge on any atom is -0.489 e. The van der Waals surface area contributed by atoms with Crippen molar-refractivity contribution in [3.05, 3.63) is 41.2 Å². The fourth-order valence-electron chi connectivity index (χ4n) is 1.79. The van der Waals surface area contributed by atoms with Gasteiger partial charge in [-0.3, -0.25) is 4.79 Å². The lowest BCUT2D eigenvalue weighted by Gasteiger charge is -2.17. The molecule has 138 valence electrons. The normalized spacial score (nSPS) is 14.0. The number of fused-ring (bicyclic) bond motifs is 1. The zero-order valence-electron chi connectivity index (χ0n) is 12.9. The van der Waals surface area contributed by atoms with Gasteiger partial charge in [-0.05, 0) is 24.1 Å². The highest BCUT2D eigenvalue weighted by molar-refractivity contribution is 5.97. The van der Waals surface area contributed by atoms with Crippen LogP contribution in [-0.2, 0) is 11.2 Å². The summed E-state index contributed by atoms with van der Waals surface area (Å²) in [6.07, 6.45) is -3.81. The molecule has 0 spiro atoms. The van der Waals surface area contributed by atoms with Crippen molar-refractivity contribution in [1.29, 1.82) is 0 Å². The number of nitrogens with two attached hydrogens (primary N) is 1. The Morgan fingerprint density at radius 1 is 1.40 bits per heavy atom. The summed E-state index contributed by atoms with van der Waals surface area (Å²) in [7, 11) is 0. The summed E-state index contributed by atoms with van der Waals surface area (Å²) in [5, 5.41) is 9.89. The number of hydrogen-bond donors (Lipinski definition) is 3. The summed E-state index contributed by atoms with van der Waals surface area (Å²) in [6, 6.07) is 5.32. The number of carbonyl (C=O) groups excluding carboxylic acids is 1. The van der Waals surface area contributed by atoms with E-state index in [-0.39, 0.29) is 19.1 Å². The smallest absolute Gasteiger partial charge is 0.489 e. The molecule has 0 fully saturated rings. The first-order valence-corrected chi connectivity index (χ1v) is 7.01. The highest BCUT2D eigenvalue weighted by Crippen LogP contribution is 2.21. The molecule has 1 aliphatic rings. The number of alkyl halides is 3. The van der Waals surface area contributed by atoms with E-state index < -0.39 is 12.1 Å². The van der Waals surface area contributed by atoms with Crippen LogP contribution in [0.3, 0.4) is 0 Å². The van der Waals surface area contributed by atoms with E-state index in [0.717, 1.165) is 12.0 Å². The summed E-state index contributed by atoms with van der Waals surface area (Å²) in [6.45, 7) is 0.864. The molecule has 1 heterocycles.